The largest absolute Gasteiger partial charge is 0.481 e. The van der Waals surface area contributed by atoms with Crippen molar-refractivity contribution in [2.24, 2.45) is 5.73 Å². The molecule has 0 saturated carbocycles. The summed E-state index contributed by atoms with van der Waals surface area (Å²) >= 11 is 0. The summed E-state index contributed by atoms with van der Waals surface area (Å²) in [5.74, 6) is -2.32. The monoisotopic (exact) mass is 284 g/mol. The first-order valence-electron chi connectivity index (χ1n) is 5.79. The third-order valence-corrected chi connectivity index (χ3v) is 2.71. The molecular weight excluding hydrogens is 265 g/mol. The lowest BCUT2D eigenvalue weighted by Gasteiger charge is -2.35. The Morgan fingerprint density at radius 1 is 1.32 bits per heavy atom. The Morgan fingerprint density at radius 2 is 1.79 bits per heavy atom. The van der Waals surface area contributed by atoms with Gasteiger partial charge in [-0.1, -0.05) is 0 Å². The van der Waals surface area contributed by atoms with Crippen LogP contribution in [0, 0.1) is 0 Å². The van der Waals surface area contributed by atoms with Crippen molar-refractivity contribution in [1.82, 2.24) is 4.90 Å². The number of carbonyl (C=O) groups is 2. The van der Waals surface area contributed by atoms with Crippen LogP contribution in [0.25, 0.3) is 0 Å². The zero-order chi connectivity index (χ0) is 15.4. The normalized spacial score (nSPS) is 15.2. The zero-order valence-corrected chi connectivity index (χ0v) is 11.1. The predicted molar refractivity (Wildman–Crippen MR) is 62.4 cm³/mol. The van der Waals surface area contributed by atoms with Crippen LogP contribution in [0.4, 0.5) is 13.2 Å². The van der Waals surface area contributed by atoms with Gasteiger partial charge in [-0.3, -0.25) is 9.59 Å². The fourth-order valence-electron chi connectivity index (χ4n) is 1.41. The van der Waals surface area contributed by atoms with E-state index in [0.717, 1.165) is 4.90 Å². The molecule has 0 radical (unpaired) electrons. The molecule has 0 aromatic rings. The van der Waals surface area contributed by atoms with E-state index in [1.54, 1.807) is 13.8 Å². The van der Waals surface area contributed by atoms with Crippen molar-refractivity contribution >= 4 is 11.9 Å². The van der Waals surface area contributed by atoms with Crippen molar-refractivity contribution in [1.29, 1.82) is 0 Å². The van der Waals surface area contributed by atoms with Crippen LogP contribution in [0.15, 0.2) is 0 Å². The summed E-state index contributed by atoms with van der Waals surface area (Å²) in [6.45, 7) is 3.63. The number of amides is 1. The van der Waals surface area contributed by atoms with E-state index in [4.69, 9.17) is 10.8 Å². The Morgan fingerprint density at radius 3 is 2.11 bits per heavy atom. The highest BCUT2D eigenvalue weighted by Crippen LogP contribution is 2.30. The van der Waals surface area contributed by atoms with Gasteiger partial charge in [-0.2, -0.15) is 13.2 Å². The summed E-state index contributed by atoms with van der Waals surface area (Å²) in [5, 5.41) is 8.48. The van der Waals surface area contributed by atoms with Crippen LogP contribution in [-0.2, 0) is 9.59 Å². The van der Waals surface area contributed by atoms with E-state index in [1.807, 2.05) is 0 Å². The van der Waals surface area contributed by atoms with E-state index in [1.165, 1.54) is 0 Å². The van der Waals surface area contributed by atoms with Gasteiger partial charge in [0, 0.05) is 19.0 Å². The number of rotatable bonds is 6. The number of carboxylic acids is 1. The van der Waals surface area contributed by atoms with Gasteiger partial charge in [0.2, 0.25) is 0 Å². The summed E-state index contributed by atoms with van der Waals surface area (Å²) in [6, 6.07) is -0.494. The van der Waals surface area contributed by atoms with E-state index in [9.17, 15) is 22.8 Å². The Labute approximate surface area is 109 Å². The average Bonchev–Trinajstić information content (AvgIpc) is 2.20. The maximum atomic E-state index is 12.7. The summed E-state index contributed by atoms with van der Waals surface area (Å²) < 4.78 is 38.1. The first-order chi connectivity index (χ1) is 8.41. The average molecular weight is 284 g/mol. The minimum Gasteiger partial charge on any atom is -0.481 e. The van der Waals surface area contributed by atoms with Crippen molar-refractivity contribution in [3.63, 3.8) is 0 Å². The molecule has 1 unspecified atom stereocenters. The molecule has 0 bridgehead atoms. The Balaban J connectivity index is 4.90. The van der Waals surface area contributed by atoms with Gasteiger partial charge in [0.25, 0.3) is 5.91 Å². The van der Waals surface area contributed by atoms with Crippen LogP contribution in [-0.4, -0.2) is 46.2 Å². The number of nitrogens with two attached hydrogens (primary N) is 1. The maximum Gasteiger partial charge on any atom is 0.415 e. The molecule has 0 aromatic heterocycles. The van der Waals surface area contributed by atoms with Crippen LogP contribution >= 0.6 is 0 Å². The van der Waals surface area contributed by atoms with Gasteiger partial charge in [0.1, 0.15) is 0 Å². The molecule has 5 nitrogen and oxygen atoms in total. The number of alkyl halides is 3. The number of halogens is 3. The van der Waals surface area contributed by atoms with Crippen LogP contribution < -0.4 is 5.73 Å². The number of hydrogen-bond donors (Lipinski definition) is 2. The highest BCUT2D eigenvalue weighted by atomic mass is 19.4. The third kappa shape index (κ3) is 4.70. The Bertz CT molecular complexity index is 341. The quantitative estimate of drug-likeness (QED) is 0.771. The number of carboxylic acid groups (broad SMARTS) is 1. The van der Waals surface area contributed by atoms with Gasteiger partial charge < -0.3 is 15.7 Å². The molecule has 0 aromatic carbocycles. The molecule has 0 aliphatic heterocycles. The molecule has 0 aliphatic carbocycles. The smallest absolute Gasteiger partial charge is 0.415 e. The summed E-state index contributed by atoms with van der Waals surface area (Å²) in [7, 11) is 0. The molecule has 3 N–H and O–H groups in total. The number of nitrogens with zero attached hydrogens (tertiary/aromatic N) is 1. The van der Waals surface area contributed by atoms with Crippen molar-refractivity contribution in [2.75, 3.05) is 6.54 Å². The molecule has 0 saturated heterocycles. The lowest BCUT2D eigenvalue weighted by Crippen LogP contribution is -2.63. The van der Waals surface area contributed by atoms with Crippen LogP contribution in [0.3, 0.4) is 0 Å². The number of carbonyl (C=O) groups excluding carboxylic acids is 1. The van der Waals surface area contributed by atoms with Gasteiger partial charge in [-0.15, -0.1) is 0 Å². The molecular formula is C11H19F3N2O3. The van der Waals surface area contributed by atoms with Crippen LogP contribution in [0.2, 0.25) is 0 Å². The van der Waals surface area contributed by atoms with Crippen molar-refractivity contribution in [3.05, 3.63) is 0 Å². The van der Waals surface area contributed by atoms with Crippen LogP contribution in [0.1, 0.15) is 33.6 Å². The van der Waals surface area contributed by atoms with E-state index in [2.05, 4.69) is 0 Å². The molecule has 19 heavy (non-hydrogen) atoms. The molecule has 112 valence electrons. The molecule has 0 heterocycles. The molecule has 0 spiro atoms. The molecule has 0 aliphatic rings. The summed E-state index contributed by atoms with van der Waals surface area (Å²) in [5.41, 5.74) is 2.10. The first-order valence-corrected chi connectivity index (χ1v) is 5.79. The second-order valence-electron chi connectivity index (χ2n) is 4.79. The highest BCUT2D eigenvalue weighted by Gasteiger charge is 2.55. The minimum absolute atomic E-state index is 0.0766. The fourth-order valence-corrected chi connectivity index (χ4v) is 1.41. The molecule has 8 heteroatoms. The maximum absolute atomic E-state index is 12.7. The molecule has 1 amide bonds. The van der Waals surface area contributed by atoms with Gasteiger partial charge >= 0.3 is 12.1 Å². The minimum atomic E-state index is -4.86. The second kappa shape index (κ2) is 6.23. The van der Waals surface area contributed by atoms with Gasteiger partial charge in [-0.05, 0) is 27.2 Å². The summed E-state index contributed by atoms with van der Waals surface area (Å²) in [6.07, 6.45) is -5.00. The first kappa shape index (κ1) is 17.7. The fraction of sp³-hybridized carbons (Fsp3) is 0.818. The molecule has 0 fully saturated rings. The van der Waals surface area contributed by atoms with E-state index in [0.29, 0.717) is 6.92 Å². The zero-order valence-electron chi connectivity index (χ0n) is 11.1. The van der Waals surface area contributed by atoms with Crippen molar-refractivity contribution in [3.8, 4) is 0 Å². The van der Waals surface area contributed by atoms with Crippen molar-refractivity contribution < 1.29 is 27.9 Å². The summed E-state index contributed by atoms with van der Waals surface area (Å²) in [4.78, 5) is 23.2. The lowest BCUT2D eigenvalue weighted by molar-refractivity contribution is -0.194. The Hall–Kier alpha value is -1.31. The third-order valence-electron chi connectivity index (χ3n) is 2.71. The molecule has 1 atom stereocenters. The van der Waals surface area contributed by atoms with E-state index >= 15 is 0 Å². The predicted octanol–water partition coefficient (Wildman–Crippen LogP) is 1.37. The van der Waals surface area contributed by atoms with Gasteiger partial charge in [0.05, 0.1) is 0 Å². The van der Waals surface area contributed by atoms with E-state index < -0.39 is 29.6 Å². The number of hydrogen-bond acceptors (Lipinski definition) is 3. The van der Waals surface area contributed by atoms with E-state index in [-0.39, 0.29) is 19.4 Å². The standard InChI is InChI=1S/C11H19F3N2O3/c1-7(2)16(6-4-5-8(17)18)9(19)10(3,15)11(12,13)14/h7H,4-6,15H2,1-3H3,(H,17,18). The lowest BCUT2D eigenvalue weighted by atomic mass is 10.00. The van der Waals surface area contributed by atoms with Gasteiger partial charge in [-0.25, -0.2) is 0 Å². The second-order valence-corrected chi connectivity index (χ2v) is 4.79. The van der Waals surface area contributed by atoms with Gasteiger partial charge in [0.15, 0.2) is 5.54 Å². The number of aliphatic carboxylic acids is 1. The Kier molecular flexibility index (Phi) is 5.80. The molecule has 0 rings (SSSR count). The van der Waals surface area contributed by atoms with Crippen LogP contribution in [0.5, 0.6) is 0 Å². The van der Waals surface area contributed by atoms with Crippen molar-refractivity contribution in [2.45, 2.75) is 51.4 Å². The topological polar surface area (TPSA) is 83.6 Å². The SMILES string of the molecule is CC(C)N(CCCC(=O)O)C(=O)C(C)(N)C(F)(F)F. The highest BCUT2D eigenvalue weighted by molar-refractivity contribution is 5.87.